The van der Waals surface area contributed by atoms with Gasteiger partial charge in [-0.25, -0.2) is 4.79 Å². The topological polar surface area (TPSA) is 57.5 Å². The molecule has 0 saturated heterocycles. The van der Waals surface area contributed by atoms with Crippen molar-refractivity contribution in [3.63, 3.8) is 0 Å². The van der Waals surface area contributed by atoms with Crippen LogP contribution < -0.4 is 0 Å². The van der Waals surface area contributed by atoms with Gasteiger partial charge in [0.05, 0.1) is 0 Å². The molecule has 0 aliphatic heterocycles. The average molecular weight is 225 g/mol. The normalized spacial score (nSPS) is 8.36. The summed E-state index contributed by atoms with van der Waals surface area (Å²) in [4.78, 5) is 10.3. The molecule has 1 rings (SSSR count). The van der Waals surface area contributed by atoms with Crippen molar-refractivity contribution in [2.75, 3.05) is 0 Å². The molecule has 4 heteroatoms. The molecule has 0 unspecified atom stereocenters. The van der Waals surface area contributed by atoms with Crippen LogP contribution >= 0.6 is 0 Å². The van der Waals surface area contributed by atoms with Gasteiger partial charge in [-0.3, -0.25) is 0 Å². The molecule has 0 heterocycles. The molecule has 54 valence electrons. The van der Waals surface area contributed by atoms with Gasteiger partial charge in [0, 0.05) is 0 Å². The van der Waals surface area contributed by atoms with E-state index >= 15 is 0 Å². The van der Waals surface area contributed by atoms with Gasteiger partial charge in [0.25, 0.3) is 0 Å². The predicted molar refractivity (Wildman–Crippen MR) is 42.2 cm³/mol. The first-order chi connectivity index (χ1) is 4.72. The first-order valence-corrected chi connectivity index (χ1v) is 2.73. The molecule has 2 N–H and O–H groups in total. The molecule has 3 nitrogen and oxygen atoms in total. The van der Waals surface area contributed by atoms with Crippen molar-refractivity contribution in [1.82, 2.24) is 0 Å². The Hall–Kier alpha value is 0.295. The van der Waals surface area contributed by atoms with Gasteiger partial charge in [0.1, 0.15) is 11.3 Å². The van der Waals surface area contributed by atoms with Crippen LogP contribution in [0, 0.1) is 0 Å². The number of aromatic hydroxyl groups is 1. The van der Waals surface area contributed by atoms with Crippen molar-refractivity contribution in [1.29, 1.82) is 0 Å². The minimum atomic E-state index is -1.11. The van der Waals surface area contributed by atoms with Crippen LogP contribution in [0.2, 0.25) is 0 Å². The van der Waals surface area contributed by atoms with Gasteiger partial charge in [-0.2, -0.15) is 0 Å². The van der Waals surface area contributed by atoms with Gasteiger partial charge < -0.3 is 10.2 Å². The number of hydrogen-bond acceptors (Lipinski definition) is 2. The Morgan fingerprint density at radius 2 is 1.82 bits per heavy atom. The molecule has 11 heavy (non-hydrogen) atoms. The molecule has 0 amide bonds. The second-order valence-electron chi connectivity index (χ2n) is 1.82. The van der Waals surface area contributed by atoms with Crippen molar-refractivity contribution >= 4 is 64.2 Å². The molecule has 0 fully saturated rings. The monoisotopic (exact) mass is 224 g/mol. The summed E-state index contributed by atoms with van der Waals surface area (Å²) in [6, 6.07) is 5.81. The molecular formula is C7H7O3Rb. The number of carboxylic acid groups (broad SMARTS) is 1. The molecular weight excluding hydrogens is 218 g/mol. The number of rotatable bonds is 1. The van der Waals surface area contributed by atoms with Gasteiger partial charge in [0.2, 0.25) is 0 Å². The van der Waals surface area contributed by atoms with Gasteiger partial charge in [-0.15, -0.1) is 0 Å². The van der Waals surface area contributed by atoms with E-state index in [0.717, 1.165) is 0 Å². The second-order valence-corrected chi connectivity index (χ2v) is 1.82. The van der Waals surface area contributed by atoms with Crippen molar-refractivity contribution in [2.45, 2.75) is 0 Å². The van der Waals surface area contributed by atoms with Gasteiger partial charge in [0.15, 0.2) is 0 Å². The number of benzene rings is 1. The van der Waals surface area contributed by atoms with Crippen LogP contribution in [0.1, 0.15) is 10.4 Å². The molecule has 0 atom stereocenters. The van der Waals surface area contributed by atoms with Gasteiger partial charge in [-0.05, 0) is 12.1 Å². The van der Waals surface area contributed by atoms with E-state index in [4.69, 9.17) is 10.2 Å². The number of aromatic carboxylic acids is 1. The molecule has 0 radical (unpaired) electrons. The van der Waals surface area contributed by atoms with Crippen molar-refractivity contribution in [3.05, 3.63) is 29.8 Å². The zero-order chi connectivity index (χ0) is 7.56. The predicted octanol–water partition coefficient (Wildman–Crippen LogP) is 0.442. The summed E-state index contributed by atoms with van der Waals surface area (Å²) in [5.74, 6) is -1.31. The number of carboxylic acids is 1. The quantitative estimate of drug-likeness (QED) is 0.728. The van der Waals surface area contributed by atoms with Crippen LogP contribution in [-0.2, 0) is 0 Å². The zero-order valence-corrected chi connectivity index (χ0v) is 5.11. The minimum absolute atomic E-state index is 0. The van der Waals surface area contributed by atoms with Crippen LogP contribution in [0.5, 0.6) is 5.75 Å². The maximum atomic E-state index is 10.3. The third-order valence-corrected chi connectivity index (χ3v) is 1.13. The summed E-state index contributed by atoms with van der Waals surface area (Å²) in [7, 11) is 0. The van der Waals surface area contributed by atoms with Crippen molar-refractivity contribution in [3.8, 4) is 5.75 Å². The molecule has 0 spiro atoms. The van der Waals surface area contributed by atoms with E-state index in [2.05, 4.69) is 0 Å². The Kier molecular flexibility index (Phi) is 5.17. The van der Waals surface area contributed by atoms with Crippen LogP contribution in [0.25, 0.3) is 0 Å². The van der Waals surface area contributed by atoms with E-state index in [-0.39, 0.29) is 69.5 Å². The Labute approximate surface area is 113 Å². The molecule has 0 aliphatic rings. The second kappa shape index (κ2) is 5.03. The fraction of sp³-hybridized carbons (Fsp3) is 0. The number of phenols is 1. The molecule has 1 aromatic rings. The fourth-order valence-corrected chi connectivity index (χ4v) is 0.654. The molecule has 0 bridgehead atoms. The summed E-state index contributed by atoms with van der Waals surface area (Å²) in [5.41, 5.74) is -0.0671. The summed E-state index contributed by atoms with van der Waals surface area (Å²) in [5, 5.41) is 17.3. The summed E-state index contributed by atoms with van der Waals surface area (Å²) < 4.78 is 0. The van der Waals surface area contributed by atoms with Crippen LogP contribution in [0.3, 0.4) is 0 Å². The zero-order valence-electron chi connectivity index (χ0n) is 5.11. The molecule has 1 aromatic carbocycles. The first kappa shape index (κ1) is 11.3. The van der Waals surface area contributed by atoms with E-state index in [1.54, 1.807) is 12.1 Å². The summed E-state index contributed by atoms with van der Waals surface area (Å²) in [6.45, 7) is 0. The van der Waals surface area contributed by atoms with E-state index in [1.807, 2.05) is 0 Å². The Morgan fingerprint density at radius 1 is 1.27 bits per heavy atom. The fourth-order valence-electron chi connectivity index (χ4n) is 0.654. The Morgan fingerprint density at radius 3 is 2.18 bits per heavy atom. The van der Waals surface area contributed by atoms with E-state index in [0.29, 0.717) is 0 Å². The average Bonchev–Trinajstić information content (AvgIpc) is 1.88. The van der Waals surface area contributed by atoms with Crippen LogP contribution in [-0.4, -0.2) is 74.4 Å². The van der Waals surface area contributed by atoms with E-state index in [9.17, 15) is 4.79 Å². The summed E-state index contributed by atoms with van der Waals surface area (Å²) in [6.07, 6.45) is 0. The third-order valence-electron chi connectivity index (χ3n) is 1.13. The first-order valence-electron chi connectivity index (χ1n) is 2.73. The van der Waals surface area contributed by atoms with Crippen molar-refractivity contribution < 1.29 is 15.0 Å². The Balaban J connectivity index is 0.000001000. The van der Waals surface area contributed by atoms with Gasteiger partial charge in [-0.1, -0.05) is 12.1 Å². The summed E-state index contributed by atoms with van der Waals surface area (Å²) >= 11 is 0. The number of para-hydroxylation sites is 1. The van der Waals surface area contributed by atoms with Gasteiger partial charge >= 0.3 is 64.2 Å². The molecule has 0 aliphatic carbocycles. The number of hydrogen-bond donors (Lipinski definition) is 2. The van der Waals surface area contributed by atoms with Crippen LogP contribution in [0.15, 0.2) is 24.3 Å². The standard InChI is InChI=1S/C7H6O3.Rb.H/c8-6-4-2-1-3-5(6)7(9)10;;/h1-4,8H,(H,9,10);;. The SMILES string of the molecule is O=C(O)c1ccccc1O.[RbH]. The Bertz CT molecular complexity index is 260. The van der Waals surface area contributed by atoms with E-state index in [1.165, 1.54) is 12.1 Å². The van der Waals surface area contributed by atoms with E-state index < -0.39 is 5.97 Å². The van der Waals surface area contributed by atoms with Crippen molar-refractivity contribution in [2.24, 2.45) is 0 Å². The molecule has 0 saturated carbocycles. The number of carbonyl (C=O) groups is 1. The molecule has 0 aromatic heterocycles. The maximum absolute atomic E-state index is 10.3. The third kappa shape index (κ3) is 3.03. The van der Waals surface area contributed by atoms with Crippen LogP contribution in [0.4, 0.5) is 0 Å².